The quantitative estimate of drug-likeness (QED) is 0.914. The fourth-order valence-corrected chi connectivity index (χ4v) is 2.93. The van der Waals surface area contributed by atoms with Gasteiger partial charge in [0.2, 0.25) is 5.95 Å². The molecule has 8 heteroatoms. The minimum Gasteiger partial charge on any atom is -0.406 e. The monoisotopic (exact) mass is 350 g/mol. The molecule has 25 heavy (non-hydrogen) atoms. The van der Waals surface area contributed by atoms with Crippen LogP contribution in [0.15, 0.2) is 30.5 Å². The van der Waals surface area contributed by atoms with Gasteiger partial charge in [-0.1, -0.05) is 6.07 Å². The van der Waals surface area contributed by atoms with Gasteiger partial charge in [-0.2, -0.15) is 4.98 Å². The summed E-state index contributed by atoms with van der Waals surface area (Å²) < 4.78 is 41.3. The molecular weight excluding hydrogens is 333 g/mol. The lowest BCUT2D eigenvalue weighted by atomic mass is 9.99. The second-order valence-corrected chi connectivity index (χ2v) is 6.31. The highest BCUT2D eigenvalue weighted by Gasteiger charge is 2.31. The Morgan fingerprint density at radius 1 is 1.16 bits per heavy atom. The van der Waals surface area contributed by atoms with Gasteiger partial charge < -0.3 is 15.0 Å². The number of aromatic nitrogens is 2. The number of benzene rings is 1. The van der Waals surface area contributed by atoms with E-state index in [1.807, 2.05) is 11.0 Å². The molecule has 0 atom stereocenters. The standard InChI is InChI=1S/C17H17F3N4O/c18-17(19,20)25-14-4-1-11-6-8-24(10-12(11)9-14)15-5-7-21-16(23-15)22-13-2-3-13/h1,4-5,7,9,13H,2-3,6,8,10H2,(H,21,22,23). The van der Waals surface area contributed by atoms with Crippen molar-refractivity contribution in [3.8, 4) is 5.75 Å². The van der Waals surface area contributed by atoms with Gasteiger partial charge >= 0.3 is 6.36 Å². The Hall–Kier alpha value is -2.51. The van der Waals surface area contributed by atoms with Crippen LogP contribution in [0.1, 0.15) is 24.0 Å². The largest absolute Gasteiger partial charge is 0.573 e. The zero-order valence-electron chi connectivity index (χ0n) is 13.4. The molecule has 0 amide bonds. The zero-order valence-corrected chi connectivity index (χ0v) is 13.4. The smallest absolute Gasteiger partial charge is 0.406 e. The summed E-state index contributed by atoms with van der Waals surface area (Å²) in [7, 11) is 0. The number of hydrogen-bond acceptors (Lipinski definition) is 5. The summed E-state index contributed by atoms with van der Waals surface area (Å²) in [5, 5.41) is 3.26. The van der Waals surface area contributed by atoms with Crippen LogP contribution in [-0.2, 0) is 13.0 Å². The minimum atomic E-state index is -4.68. The molecule has 1 fully saturated rings. The Morgan fingerprint density at radius 2 is 2.00 bits per heavy atom. The van der Waals surface area contributed by atoms with Crippen molar-refractivity contribution in [2.24, 2.45) is 0 Å². The fraction of sp³-hybridized carbons (Fsp3) is 0.412. The second-order valence-electron chi connectivity index (χ2n) is 6.31. The number of fused-ring (bicyclic) bond motifs is 1. The number of nitrogens with one attached hydrogen (secondary N) is 1. The van der Waals surface area contributed by atoms with Gasteiger partial charge in [0.05, 0.1) is 0 Å². The SMILES string of the molecule is FC(F)(F)Oc1ccc2c(c1)CN(c1ccnc(NC3CC3)n1)CC2. The van der Waals surface area contributed by atoms with Crippen molar-refractivity contribution in [3.05, 3.63) is 41.6 Å². The van der Waals surface area contributed by atoms with Crippen molar-refractivity contribution in [1.29, 1.82) is 0 Å². The van der Waals surface area contributed by atoms with Crippen LogP contribution in [-0.4, -0.2) is 28.9 Å². The molecule has 1 saturated carbocycles. The summed E-state index contributed by atoms with van der Waals surface area (Å²) in [6, 6.07) is 6.80. The number of nitrogens with zero attached hydrogens (tertiary/aromatic N) is 3. The van der Waals surface area contributed by atoms with Crippen LogP contribution in [0.4, 0.5) is 24.9 Å². The van der Waals surface area contributed by atoms with Gasteiger partial charge in [-0.05, 0) is 48.6 Å². The predicted octanol–water partition coefficient (Wildman–Crippen LogP) is 3.51. The molecule has 0 bridgehead atoms. The third-order valence-corrected chi connectivity index (χ3v) is 4.30. The third kappa shape index (κ3) is 3.94. The fourth-order valence-electron chi connectivity index (χ4n) is 2.93. The van der Waals surface area contributed by atoms with Gasteiger partial charge in [0, 0.05) is 25.3 Å². The Labute approximate surface area is 142 Å². The molecule has 0 radical (unpaired) electrons. The lowest BCUT2D eigenvalue weighted by molar-refractivity contribution is -0.274. The molecule has 4 rings (SSSR count). The molecule has 0 spiro atoms. The molecule has 2 heterocycles. The highest BCUT2D eigenvalue weighted by molar-refractivity contribution is 5.48. The number of halogens is 3. The summed E-state index contributed by atoms with van der Waals surface area (Å²) in [5.74, 6) is 1.18. The Kier molecular flexibility index (Phi) is 3.89. The zero-order chi connectivity index (χ0) is 17.4. The van der Waals surface area contributed by atoms with Crippen LogP contribution in [0.2, 0.25) is 0 Å². The number of anilines is 2. The maximum atomic E-state index is 12.4. The van der Waals surface area contributed by atoms with Gasteiger partial charge in [-0.15, -0.1) is 13.2 Å². The predicted molar refractivity (Wildman–Crippen MR) is 86.6 cm³/mol. The number of alkyl halides is 3. The number of ether oxygens (including phenoxy) is 1. The van der Waals surface area contributed by atoms with Gasteiger partial charge in [0.25, 0.3) is 0 Å². The van der Waals surface area contributed by atoms with Crippen molar-refractivity contribution in [3.63, 3.8) is 0 Å². The molecule has 1 N–H and O–H groups in total. The molecule has 2 aliphatic rings. The van der Waals surface area contributed by atoms with Gasteiger partial charge in [0.15, 0.2) is 0 Å². The number of rotatable bonds is 4. The van der Waals surface area contributed by atoms with Crippen molar-refractivity contribution >= 4 is 11.8 Å². The summed E-state index contributed by atoms with van der Waals surface area (Å²) in [6.07, 6.45) is 0.0285. The molecule has 132 valence electrons. The first-order valence-electron chi connectivity index (χ1n) is 8.18. The van der Waals surface area contributed by atoms with E-state index >= 15 is 0 Å². The van der Waals surface area contributed by atoms with E-state index < -0.39 is 6.36 Å². The van der Waals surface area contributed by atoms with Crippen LogP contribution in [0, 0.1) is 0 Å². The van der Waals surface area contributed by atoms with E-state index in [2.05, 4.69) is 20.0 Å². The molecule has 0 saturated heterocycles. The minimum absolute atomic E-state index is 0.188. The van der Waals surface area contributed by atoms with E-state index in [1.165, 1.54) is 12.1 Å². The highest BCUT2D eigenvalue weighted by Crippen LogP contribution is 2.30. The Morgan fingerprint density at radius 3 is 2.76 bits per heavy atom. The molecule has 1 aromatic heterocycles. The maximum absolute atomic E-state index is 12.4. The Balaban J connectivity index is 1.52. The molecule has 1 aromatic carbocycles. The maximum Gasteiger partial charge on any atom is 0.573 e. The van der Waals surface area contributed by atoms with Crippen LogP contribution >= 0.6 is 0 Å². The van der Waals surface area contributed by atoms with E-state index in [9.17, 15) is 13.2 Å². The average Bonchev–Trinajstić information content (AvgIpc) is 3.37. The third-order valence-electron chi connectivity index (χ3n) is 4.30. The van der Waals surface area contributed by atoms with E-state index in [4.69, 9.17) is 0 Å². The van der Waals surface area contributed by atoms with Crippen molar-refractivity contribution < 1.29 is 17.9 Å². The first kappa shape index (κ1) is 16.0. The van der Waals surface area contributed by atoms with E-state index in [-0.39, 0.29) is 5.75 Å². The van der Waals surface area contributed by atoms with Gasteiger partial charge in [-0.3, -0.25) is 0 Å². The van der Waals surface area contributed by atoms with E-state index in [0.717, 1.165) is 42.8 Å². The van der Waals surface area contributed by atoms with Crippen LogP contribution in [0.5, 0.6) is 5.75 Å². The first-order chi connectivity index (χ1) is 12.0. The lowest BCUT2D eigenvalue weighted by Gasteiger charge is -2.30. The topological polar surface area (TPSA) is 50.3 Å². The lowest BCUT2D eigenvalue weighted by Crippen LogP contribution is -2.31. The Bertz CT molecular complexity index is 777. The van der Waals surface area contributed by atoms with Gasteiger partial charge in [-0.25, -0.2) is 4.98 Å². The van der Waals surface area contributed by atoms with Crippen molar-refractivity contribution in [2.75, 3.05) is 16.8 Å². The molecule has 5 nitrogen and oxygen atoms in total. The van der Waals surface area contributed by atoms with Crippen LogP contribution in [0.3, 0.4) is 0 Å². The van der Waals surface area contributed by atoms with E-state index in [0.29, 0.717) is 18.5 Å². The van der Waals surface area contributed by atoms with E-state index in [1.54, 1.807) is 12.3 Å². The van der Waals surface area contributed by atoms with Gasteiger partial charge in [0.1, 0.15) is 11.6 Å². The summed E-state index contributed by atoms with van der Waals surface area (Å²) >= 11 is 0. The summed E-state index contributed by atoms with van der Waals surface area (Å²) in [5.41, 5.74) is 1.86. The summed E-state index contributed by atoms with van der Waals surface area (Å²) in [6.45, 7) is 1.25. The molecule has 2 aromatic rings. The number of hydrogen-bond donors (Lipinski definition) is 1. The molecular formula is C17H17F3N4O. The normalized spacial score (nSPS) is 17.2. The molecule has 0 unspecified atom stereocenters. The average molecular weight is 350 g/mol. The molecule has 1 aliphatic carbocycles. The van der Waals surface area contributed by atoms with Crippen molar-refractivity contribution in [1.82, 2.24) is 9.97 Å². The van der Waals surface area contributed by atoms with Crippen LogP contribution in [0.25, 0.3) is 0 Å². The van der Waals surface area contributed by atoms with Crippen molar-refractivity contribution in [2.45, 2.75) is 38.2 Å². The van der Waals surface area contributed by atoms with Crippen LogP contribution < -0.4 is 15.0 Å². The summed E-state index contributed by atoms with van der Waals surface area (Å²) in [4.78, 5) is 10.8. The molecule has 1 aliphatic heterocycles. The first-order valence-corrected chi connectivity index (χ1v) is 8.18. The highest BCUT2D eigenvalue weighted by atomic mass is 19.4. The second kappa shape index (κ2) is 6.09.